The highest BCUT2D eigenvalue weighted by Gasteiger charge is 2.34. The number of rotatable bonds is 2. The van der Waals surface area contributed by atoms with Gasteiger partial charge in [-0.15, -0.1) is 0 Å². The average Bonchev–Trinajstić information content (AvgIpc) is 2.09. The Labute approximate surface area is 85.3 Å². The molecule has 0 amide bonds. The predicted octanol–water partition coefficient (Wildman–Crippen LogP) is 3.12. The zero-order chi connectivity index (χ0) is 11.6. The topological polar surface area (TPSA) is 29.5 Å². The second kappa shape index (κ2) is 4.00. The van der Waals surface area contributed by atoms with Crippen molar-refractivity contribution in [2.24, 2.45) is 0 Å². The maximum absolute atomic E-state index is 12.5. The van der Waals surface area contributed by atoms with Crippen LogP contribution in [0, 0.1) is 6.92 Å². The lowest BCUT2D eigenvalue weighted by molar-refractivity contribution is -0.138. The predicted molar refractivity (Wildman–Crippen MR) is 49.0 cm³/mol. The van der Waals surface area contributed by atoms with E-state index >= 15 is 0 Å². The molecule has 2 nitrogen and oxygen atoms in total. The van der Waals surface area contributed by atoms with Gasteiger partial charge < -0.3 is 9.84 Å². The number of alkyl halides is 3. The molecular weight excluding hydrogens is 209 g/mol. The molecule has 0 heterocycles. The molecule has 0 saturated carbocycles. The third kappa shape index (κ3) is 2.55. The van der Waals surface area contributed by atoms with Gasteiger partial charge in [0.2, 0.25) is 0 Å². The van der Waals surface area contributed by atoms with Crippen LogP contribution in [0.15, 0.2) is 12.1 Å². The standard InChI is InChI=1S/C10H11F3O2/c1-3-15-9-5-7(14)4-8(6(9)2)10(11,12)13/h4-5,14H,3H2,1-2H3. The van der Waals surface area contributed by atoms with E-state index in [0.29, 0.717) is 6.07 Å². The van der Waals surface area contributed by atoms with Crippen LogP contribution in [0.2, 0.25) is 0 Å². The fraction of sp³-hybridized carbons (Fsp3) is 0.400. The van der Waals surface area contributed by atoms with Crippen LogP contribution in [0.25, 0.3) is 0 Å². The van der Waals surface area contributed by atoms with Crippen LogP contribution in [0.4, 0.5) is 13.2 Å². The number of benzene rings is 1. The van der Waals surface area contributed by atoms with Crippen LogP contribution in [-0.2, 0) is 6.18 Å². The number of halogens is 3. The first kappa shape index (κ1) is 11.7. The van der Waals surface area contributed by atoms with Crippen molar-refractivity contribution in [3.8, 4) is 11.5 Å². The minimum atomic E-state index is -4.48. The van der Waals surface area contributed by atoms with Crippen molar-refractivity contribution >= 4 is 0 Å². The molecule has 15 heavy (non-hydrogen) atoms. The van der Waals surface area contributed by atoms with Crippen LogP contribution in [0.3, 0.4) is 0 Å². The van der Waals surface area contributed by atoms with Crippen LogP contribution < -0.4 is 4.74 Å². The van der Waals surface area contributed by atoms with E-state index in [1.54, 1.807) is 6.92 Å². The first-order valence-electron chi connectivity index (χ1n) is 4.40. The molecule has 0 saturated heterocycles. The van der Waals surface area contributed by atoms with Crippen LogP contribution in [-0.4, -0.2) is 11.7 Å². The SMILES string of the molecule is CCOc1cc(O)cc(C(F)(F)F)c1C. The minimum absolute atomic E-state index is 0.0119. The average molecular weight is 220 g/mol. The van der Waals surface area contributed by atoms with Crippen LogP contribution >= 0.6 is 0 Å². The molecule has 0 atom stereocenters. The summed E-state index contributed by atoms with van der Waals surface area (Å²) in [6.45, 7) is 3.23. The van der Waals surface area contributed by atoms with E-state index in [1.165, 1.54) is 13.0 Å². The molecule has 1 rings (SSSR count). The van der Waals surface area contributed by atoms with E-state index < -0.39 is 17.5 Å². The van der Waals surface area contributed by atoms with Gasteiger partial charge in [-0.3, -0.25) is 0 Å². The summed E-state index contributed by atoms with van der Waals surface area (Å²) >= 11 is 0. The molecule has 0 aliphatic carbocycles. The Balaban J connectivity index is 3.28. The zero-order valence-electron chi connectivity index (χ0n) is 8.35. The normalized spacial score (nSPS) is 11.5. The Morgan fingerprint density at radius 2 is 1.93 bits per heavy atom. The van der Waals surface area contributed by atoms with Gasteiger partial charge in [0.25, 0.3) is 0 Å². The van der Waals surface area contributed by atoms with Crippen molar-refractivity contribution in [2.45, 2.75) is 20.0 Å². The van der Waals surface area contributed by atoms with Gasteiger partial charge in [0, 0.05) is 11.6 Å². The van der Waals surface area contributed by atoms with Gasteiger partial charge in [-0.1, -0.05) is 0 Å². The quantitative estimate of drug-likeness (QED) is 0.829. The number of phenols is 1. The molecule has 0 unspecified atom stereocenters. The second-order valence-corrected chi connectivity index (χ2v) is 3.05. The molecule has 1 aromatic rings. The van der Waals surface area contributed by atoms with Gasteiger partial charge in [0.1, 0.15) is 11.5 Å². The lowest BCUT2D eigenvalue weighted by Crippen LogP contribution is -2.08. The maximum atomic E-state index is 12.5. The summed E-state index contributed by atoms with van der Waals surface area (Å²) in [5.41, 5.74) is -0.881. The molecule has 0 aliphatic rings. The van der Waals surface area contributed by atoms with Gasteiger partial charge in [-0.2, -0.15) is 13.2 Å². The Hall–Kier alpha value is -1.39. The Kier molecular flexibility index (Phi) is 3.12. The largest absolute Gasteiger partial charge is 0.508 e. The third-order valence-electron chi connectivity index (χ3n) is 1.95. The molecule has 0 aliphatic heterocycles. The summed E-state index contributed by atoms with van der Waals surface area (Å²) in [6.07, 6.45) is -4.48. The molecule has 0 fully saturated rings. The smallest absolute Gasteiger partial charge is 0.416 e. The molecule has 0 spiro atoms. The van der Waals surface area contributed by atoms with Gasteiger partial charge in [-0.25, -0.2) is 0 Å². The zero-order valence-corrected chi connectivity index (χ0v) is 8.35. The highest BCUT2D eigenvalue weighted by atomic mass is 19.4. The summed E-state index contributed by atoms with van der Waals surface area (Å²) in [5, 5.41) is 9.13. The minimum Gasteiger partial charge on any atom is -0.508 e. The number of hydrogen-bond donors (Lipinski definition) is 1. The number of phenolic OH excluding ortho intramolecular Hbond substituents is 1. The number of ether oxygens (including phenoxy) is 1. The highest BCUT2D eigenvalue weighted by Crippen LogP contribution is 2.38. The van der Waals surface area contributed by atoms with E-state index in [4.69, 9.17) is 9.84 Å². The number of hydrogen-bond acceptors (Lipinski definition) is 2. The Bertz CT molecular complexity index is 358. The van der Waals surface area contributed by atoms with Gasteiger partial charge in [0.05, 0.1) is 12.2 Å². The van der Waals surface area contributed by atoms with Crippen LogP contribution in [0.5, 0.6) is 11.5 Å². The molecule has 1 aromatic carbocycles. The van der Waals surface area contributed by atoms with E-state index in [1.807, 2.05) is 0 Å². The first-order chi connectivity index (χ1) is 6.86. The van der Waals surface area contributed by atoms with Crippen molar-refractivity contribution in [2.75, 3.05) is 6.61 Å². The van der Waals surface area contributed by atoms with Gasteiger partial charge in [-0.05, 0) is 19.9 Å². The third-order valence-corrected chi connectivity index (χ3v) is 1.95. The monoisotopic (exact) mass is 220 g/mol. The van der Waals surface area contributed by atoms with E-state index in [2.05, 4.69) is 0 Å². The van der Waals surface area contributed by atoms with Crippen LogP contribution in [0.1, 0.15) is 18.1 Å². The van der Waals surface area contributed by atoms with Crippen molar-refractivity contribution in [1.82, 2.24) is 0 Å². The fourth-order valence-corrected chi connectivity index (χ4v) is 1.27. The van der Waals surface area contributed by atoms with Crippen molar-refractivity contribution in [1.29, 1.82) is 0 Å². The second-order valence-electron chi connectivity index (χ2n) is 3.05. The molecule has 0 radical (unpaired) electrons. The molecular formula is C10H11F3O2. The lowest BCUT2D eigenvalue weighted by atomic mass is 10.1. The summed E-state index contributed by atoms with van der Waals surface area (Å²) in [5.74, 6) is -0.388. The van der Waals surface area contributed by atoms with E-state index in [9.17, 15) is 13.2 Å². The molecule has 0 aromatic heterocycles. The Morgan fingerprint density at radius 3 is 2.40 bits per heavy atom. The lowest BCUT2D eigenvalue weighted by Gasteiger charge is -2.14. The molecule has 84 valence electrons. The Morgan fingerprint density at radius 1 is 1.33 bits per heavy atom. The van der Waals surface area contributed by atoms with Crippen molar-refractivity contribution in [3.63, 3.8) is 0 Å². The van der Waals surface area contributed by atoms with E-state index in [-0.39, 0.29) is 17.9 Å². The van der Waals surface area contributed by atoms with Crippen molar-refractivity contribution < 1.29 is 23.0 Å². The maximum Gasteiger partial charge on any atom is 0.416 e. The summed E-state index contributed by atoms with van der Waals surface area (Å²) in [6, 6.07) is 1.87. The molecule has 5 heteroatoms. The van der Waals surface area contributed by atoms with Gasteiger partial charge in [0.15, 0.2) is 0 Å². The first-order valence-corrected chi connectivity index (χ1v) is 4.40. The van der Waals surface area contributed by atoms with Crippen molar-refractivity contribution in [3.05, 3.63) is 23.3 Å². The molecule has 0 bridgehead atoms. The van der Waals surface area contributed by atoms with E-state index in [0.717, 1.165) is 0 Å². The highest BCUT2D eigenvalue weighted by molar-refractivity contribution is 5.46. The summed E-state index contributed by atoms with van der Waals surface area (Å²) < 4.78 is 42.4. The summed E-state index contributed by atoms with van der Waals surface area (Å²) in [7, 11) is 0. The fourth-order valence-electron chi connectivity index (χ4n) is 1.27. The molecule has 1 N–H and O–H groups in total. The van der Waals surface area contributed by atoms with Gasteiger partial charge >= 0.3 is 6.18 Å². The number of aromatic hydroxyl groups is 1. The summed E-state index contributed by atoms with van der Waals surface area (Å²) in [4.78, 5) is 0.